The van der Waals surface area contributed by atoms with Gasteiger partial charge in [0.05, 0.1) is 18.1 Å². The van der Waals surface area contributed by atoms with E-state index in [2.05, 4.69) is 15.2 Å². The van der Waals surface area contributed by atoms with Crippen molar-refractivity contribution < 1.29 is 22.7 Å². The Kier molecular flexibility index (Phi) is 5.83. The third kappa shape index (κ3) is 4.88. The van der Waals surface area contributed by atoms with Crippen LogP contribution in [0.1, 0.15) is 23.8 Å². The first-order valence-corrected chi connectivity index (χ1v) is 10.8. The van der Waals surface area contributed by atoms with Crippen LogP contribution in [-0.2, 0) is 14.6 Å². The number of nitrogens with one attached hydrogen (secondary N) is 1. The summed E-state index contributed by atoms with van der Waals surface area (Å²) < 4.78 is 28.1. The molecular weight excluding hydrogens is 372 g/mol. The second-order valence-corrected chi connectivity index (χ2v) is 8.87. The Hall–Kier alpha value is -2.36. The molecular formula is C17H24N4O5S. The van der Waals surface area contributed by atoms with E-state index in [0.29, 0.717) is 39.2 Å². The van der Waals surface area contributed by atoms with Crippen molar-refractivity contribution in [3.63, 3.8) is 0 Å². The second-order valence-electron chi connectivity index (χ2n) is 6.65. The maximum atomic E-state index is 12.4. The first-order valence-electron chi connectivity index (χ1n) is 9.02. The molecule has 1 unspecified atom stereocenters. The molecule has 0 aromatic carbocycles. The van der Waals surface area contributed by atoms with Crippen molar-refractivity contribution in [1.82, 2.24) is 15.2 Å². The van der Waals surface area contributed by atoms with Gasteiger partial charge in [-0.2, -0.15) is 0 Å². The number of nitrogens with zero attached hydrogens (tertiary/aromatic N) is 3. The average molecular weight is 396 g/mol. The van der Waals surface area contributed by atoms with E-state index in [0.717, 1.165) is 5.69 Å². The van der Waals surface area contributed by atoms with Crippen LogP contribution in [0.2, 0.25) is 0 Å². The molecule has 0 saturated carbocycles. The lowest BCUT2D eigenvalue weighted by molar-refractivity contribution is 0.0936. The smallest absolute Gasteiger partial charge is 0.409 e. The van der Waals surface area contributed by atoms with Crippen LogP contribution >= 0.6 is 0 Å². The summed E-state index contributed by atoms with van der Waals surface area (Å²) >= 11 is 0. The number of sulfone groups is 1. The van der Waals surface area contributed by atoms with E-state index in [-0.39, 0.29) is 35.2 Å². The van der Waals surface area contributed by atoms with Gasteiger partial charge in [0.2, 0.25) is 0 Å². The van der Waals surface area contributed by atoms with Crippen LogP contribution in [0.5, 0.6) is 0 Å². The van der Waals surface area contributed by atoms with E-state index < -0.39 is 9.84 Å². The molecule has 2 aliphatic rings. The lowest BCUT2D eigenvalue weighted by Gasteiger charge is -2.35. The number of hydrogen-bond donors (Lipinski definition) is 1. The van der Waals surface area contributed by atoms with Gasteiger partial charge in [-0.3, -0.25) is 9.78 Å². The number of piperazine rings is 1. The van der Waals surface area contributed by atoms with Crippen LogP contribution in [0.4, 0.5) is 10.5 Å². The van der Waals surface area contributed by atoms with Crippen LogP contribution < -0.4 is 10.2 Å². The number of carbonyl (C=O) groups excluding carboxylic acids is 2. The quantitative estimate of drug-likeness (QED) is 0.778. The number of carbonyl (C=O) groups is 2. The van der Waals surface area contributed by atoms with E-state index in [1.54, 1.807) is 24.1 Å². The number of ether oxygens (including phenoxy) is 1. The Bertz CT molecular complexity index is 805. The number of anilines is 1. The van der Waals surface area contributed by atoms with Crippen molar-refractivity contribution in [2.45, 2.75) is 19.4 Å². The molecule has 2 fully saturated rings. The summed E-state index contributed by atoms with van der Waals surface area (Å²) in [7, 11) is -3.05. The summed E-state index contributed by atoms with van der Waals surface area (Å²) in [5, 5.41) is 2.75. The molecule has 148 valence electrons. The van der Waals surface area contributed by atoms with Crippen LogP contribution in [0.3, 0.4) is 0 Å². The standard InChI is InChI=1S/C17H24N4O5S/c1-2-26-17(23)21-8-6-20(7-9-21)14-3-5-18-15(11-14)16(22)19-13-4-10-27(24,25)12-13/h3,5,11,13H,2,4,6-10,12H2,1H3,(H,19,22). The molecule has 9 nitrogen and oxygen atoms in total. The summed E-state index contributed by atoms with van der Waals surface area (Å²) in [5.74, 6) is -0.283. The third-order valence-electron chi connectivity index (χ3n) is 4.71. The molecule has 3 rings (SSSR count). The van der Waals surface area contributed by atoms with E-state index in [4.69, 9.17) is 4.74 Å². The first-order chi connectivity index (χ1) is 12.9. The Morgan fingerprint density at radius 3 is 2.67 bits per heavy atom. The summed E-state index contributed by atoms with van der Waals surface area (Å²) in [4.78, 5) is 32.0. The fourth-order valence-electron chi connectivity index (χ4n) is 3.27. The molecule has 2 aliphatic heterocycles. The van der Waals surface area contributed by atoms with Gasteiger partial charge >= 0.3 is 6.09 Å². The number of hydrogen-bond acceptors (Lipinski definition) is 7. The summed E-state index contributed by atoms with van der Waals surface area (Å²) in [6.45, 7) is 4.48. The Labute approximate surface area is 158 Å². The van der Waals surface area contributed by atoms with Gasteiger partial charge in [0.15, 0.2) is 9.84 Å². The van der Waals surface area contributed by atoms with Crippen molar-refractivity contribution in [1.29, 1.82) is 0 Å². The fourth-order valence-corrected chi connectivity index (χ4v) is 4.94. The largest absolute Gasteiger partial charge is 0.450 e. The Balaban J connectivity index is 1.59. The summed E-state index contributed by atoms with van der Waals surface area (Å²) in [6, 6.07) is 3.15. The van der Waals surface area contributed by atoms with Crippen molar-refractivity contribution in [3.05, 3.63) is 24.0 Å². The van der Waals surface area contributed by atoms with Crippen LogP contribution in [0, 0.1) is 0 Å². The second kappa shape index (κ2) is 8.12. The molecule has 0 spiro atoms. The van der Waals surface area contributed by atoms with Crippen LogP contribution in [0.15, 0.2) is 18.3 Å². The van der Waals surface area contributed by atoms with Gasteiger partial charge in [-0.15, -0.1) is 0 Å². The molecule has 1 aromatic heterocycles. The number of aromatic nitrogens is 1. The minimum atomic E-state index is -3.05. The van der Waals surface area contributed by atoms with E-state index >= 15 is 0 Å². The molecule has 0 bridgehead atoms. The van der Waals surface area contributed by atoms with E-state index in [1.807, 2.05) is 6.07 Å². The molecule has 2 saturated heterocycles. The van der Waals surface area contributed by atoms with Crippen LogP contribution in [0.25, 0.3) is 0 Å². The minimum absolute atomic E-state index is 0.0196. The average Bonchev–Trinajstić information content (AvgIpc) is 3.00. The van der Waals surface area contributed by atoms with Gasteiger partial charge in [0.1, 0.15) is 5.69 Å². The van der Waals surface area contributed by atoms with Gasteiger partial charge in [-0.25, -0.2) is 13.2 Å². The maximum absolute atomic E-state index is 12.4. The molecule has 1 N–H and O–H groups in total. The molecule has 1 aromatic rings. The lowest BCUT2D eigenvalue weighted by atomic mass is 10.2. The monoisotopic (exact) mass is 396 g/mol. The van der Waals surface area contributed by atoms with Crippen LogP contribution in [-0.4, -0.2) is 80.6 Å². The molecule has 27 heavy (non-hydrogen) atoms. The molecule has 3 heterocycles. The number of rotatable bonds is 4. The Morgan fingerprint density at radius 1 is 1.30 bits per heavy atom. The number of pyridine rings is 1. The highest BCUT2D eigenvalue weighted by molar-refractivity contribution is 7.91. The predicted molar refractivity (Wildman–Crippen MR) is 99.6 cm³/mol. The van der Waals surface area contributed by atoms with Crippen molar-refractivity contribution in [2.24, 2.45) is 0 Å². The number of amides is 2. The third-order valence-corrected chi connectivity index (χ3v) is 6.48. The summed E-state index contributed by atoms with van der Waals surface area (Å²) in [6.07, 6.45) is 1.69. The molecule has 2 amide bonds. The zero-order valence-electron chi connectivity index (χ0n) is 15.3. The highest BCUT2D eigenvalue weighted by Gasteiger charge is 2.29. The molecule has 0 aliphatic carbocycles. The molecule has 10 heteroatoms. The fraction of sp³-hybridized carbons (Fsp3) is 0.588. The molecule has 0 radical (unpaired) electrons. The minimum Gasteiger partial charge on any atom is -0.450 e. The normalized spacial score (nSPS) is 21.7. The zero-order chi connectivity index (χ0) is 19.4. The zero-order valence-corrected chi connectivity index (χ0v) is 16.1. The van der Waals surface area contributed by atoms with Gasteiger partial charge in [-0.1, -0.05) is 0 Å². The predicted octanol–water partition coefficient (Wildman–Crippen LogP) is 0.277. The van der Waals surface area contributed by atoms with Crippen molar-refractivity contribution in [2.75, 3.05) is 49.2 Å². The van der Waals surface area contributed by atoms with Crippen molar-refractivity contribution >= 4 is 27.5 Å². The first kappa shape index (κ1) is 19.4. The Morgan fingerprint density at radius 2 is 2.04 bits per heavy atom. The van der Waals surface area contributed by atoms with E-state index in [1.165, 1.54) is 0 Å². The van der Waals surface area contributed by atoms with E-state index in [9.17, 15) is 18.0 Å². The van der Waals surface area contributed by atoms with Crippen molar-refractivity contribution in [3.8, 4) is 0 Å². The lowest BCUT2D eigenvalue weighted by Crippen LogP contribution is -2.49. The van der Waals surface area contributed by atoms with Gasteiger partial charge in [-0.05, 0) is 25.5 Å². The van der Waals surface area contributed by atoms with Gasteiger partial charge < -0.3 is 19.9 Å². The topological polar surface area (TPSA) is 109 Å². The van der Waals surface area contributed by atoms with Gasteiger partial charge in [0, 0.05) is 44.1 Å². The highest BCUT2D eigenvalue weighted by Crippen LogP contribution is 2.18. The molecule has 1 atom stereocenters. The summed E-state index contributed by atoms with van der Waals surface area (Å²) in [5.41, 5.74) is 1.10. The van der Waals surface area contributed by atoms with Gasteiger partial charge in [0.25, 0.3) is 5.91 Å². The maximum Gasteiger partial charge on any atom is 0.409 e. The SMILES string of the molecule is CCOC(=O)N1CCN(c2ccnc(C(=O)NC3CCS(=O)(=O)C3)c2)CC1. The highest BCUT2D eigenvalue weighted by atomic mass is 32.2.